The molecule has 1 aliphatic carbocycles. The molecule has 5 atom stereocenters. The molecule has 7 nitrogen and oxygen atoms in total. The molecule has 0 aromatic heterocycles. The van der Waals surface area contributed by atoms with Gasteiger partial charge in [0.1, 0.15) is 29.2 Å². The van der Waals surface area contributed by atoms with Crippen LogP contribution >= 0.6 is 11.8 Å². The van der Waals surface area contributed by atoms with E-state index in [2.05, 4.69) is 26.5 Å². The van der Waals surface area contributed by atoms with Crippen LogP contribution < -0.4 is 4.74 Å². The molecule has 0 bridgehead atoms. The number of thioether (sulfide) groups is 1. The number of carbonyl (C=O) groups is 2. The number of carboxylic acid groups (broad SMARTS) is 1. The average molecular weight is 542 g/mol. The van der Waals surface area contributed by atoms with Crippen molar-refractivity contribution in [1.29, 1.82) is 0 Å². The highest BCUT2D eigenvalue weighted by molar-refractivity contribution is 8.04. The number of amides is 1. The van der Waals surface area contributed by atoms with E-state index >= 15 is 0 Å². The molecule has 1 unspecified atom stereocenters. The molecule has 2 heterocycles. The number of carboxylic acids is 1. The van der Waals surface area contributed by atoms with Crippen molar-refractivity contribution < 1.29 is 29.6 Å². The summed E-state index contributed by atoms with van der Waals surface area (Å²) in [7, 11) is 0. The number of β-lactam (4-membered cyclic amide) rings is 1. The molecular formula is C30H39NO6S. The van der Waals surface area contributed by atoms with E-state index in [1.165, 1.54) is 22.2 Å². The number of phenols is 1. The molecule has 1 fully saturated rings. The summed E-state index contributed by atoms with van der Waals surface area (Å²) in [5, 5.41) is 30.8. The second-order valence-corrected chi connectivity index (χ2v) is 12.1. The van der Waals surface area contributed by atoms with Crippen LogP contribution in [-0.2, 0) is 16.0 Å². The van der Waals surface area contributed by atoms with Gasteiger partial charge in [0.2, 0.25) is 5.91 Å². The highest BCUT2D eigenvalue weighted by Crippen LogP contribution is 2.51. The van der Waals surface area contributed by atoms with Gasteiger partial charge in [-0.15, -0.1) is 0 Å². The Labute approximate surface area is 229 Å². The summed E-state index contributed by atoms with van der Waals surface area (Å²) < 4.78 is 6.34. The van der Waals surface area contributed by atoms with E-state index in [0.29, 0.717) is 16.2 Å². The Bertz CT molecular complexity index is 1190. The van der Waals surface area contributed by atoms with E-state index in [0.717, 1.165) is 49.7 Å². The molecule has 3 aliphatic rings. The van der Waals surface area contributed by atoms with Crippen LogP contribution in [0.15, 0.2) is 46.5 Å². The number of phenolic OH excluding ortho intramolecular Hbond substituents is 1. The van der Waals surface area contributed by atoms with Gasteiger partial charge in [-0.2, -0.15) is 0 Å². The lowest BCUT2D eigenvalue weighted by atomic mass is 9.73. The SMILES string of the molecule is C=C(C)[C@@H]1CCC(C)=C[C@H]1c1c(O)cc(CCCCC)cc1OCC1=C(C(=O)O)N2C(=O)[C@H]([C@@H](C)O)C2S1. The first kappa shape index (κ1) is 28.3. The maximum Gasteiger partial charge on any atom is 0.353 e. The quantitative estimate of drug-likeness (QED) is 0.187. The zero-order valence-electron chi connectivity index (χ0n) is 22.7. The lowest BCUT2D eigenvalue weighted by molar-refractivity contribution is -0.156. The Morgan fingerprint density at radius 1 is 1.32 bits per heavy atom. The van der Waals surface area contributed by atoms with Gasteiger partial charge in [-0.05, 0) is 70.1 Å². The molecule has 0 spiro atoms. The lowest BCUT2D eigenvalue weighted by Gasteiger charge is -2.43. The first-order valence-electron chi connectivity index (χ1n) is 13.5. The van der Waals surface area contributed by atoms with E-state index in [1.807, 2.05) is 19.1 Å². The summed E-state index contributed by atoms with van der Waals surface area (Å²) >= 11 is 1.26. The summed E-state index contributed by atoms with van der Waals surface area (Å²) in [5.41, 5.74) is 3.88. The number of aryl methyl sites for hydroxylation is 1. The smallest absolute Gasteiger partial charge is 0.353 e. The molecule has 1 aromatic rings. The first-order valence-corrected chi connectivity index (χ1v) is 14.4. The van der Waals surface area contributed by atoms with E-state index in [4.69, 9.17) is 4.74 Å². The number of aromatic hydroxyl groups is 1. The van der Waals surface area contributed by atoms with Crippen LogP contribution in [0.1, 0.15) is 76.8 Å². The number of allylic oxidation sites excluding steroid dienone is 3. The highest BCUT2D eigenvalue weighted by Gasteiger charge is 2.57. The summed E-state index contributed by atoms with van der Waals surface area (Å²) in [5.74, 6) is -1.46. The molecule has 8 heteroatoms. The number of unbranched alkanes of at least 4 members (excludes halogenated alkanes) is 2. The zero-order valence-corrected chi connectivity index (χ0v) is 23.5. The molecule has 1 amide bonds. The van der Waals surface area contributed by atoms with Crippen LogP contribution in [-0.4, -0.2) is 50.2 Å². The van der Waals surface area contributed by atoms with E-state index < -0.39 is 23.4 Å². The topological polar surface area (TPSA) is 107 Å². The van der Waals surface area contributed by atoms with Crippen LogP contribution in [0, 0.1) is 11.8 Å². The number of hydrogen-bond acceptors (Lipinski definition) is 6. The standard InChI is InChI=1S/C30H39NO6S/c1-6-7-8-9-19-13-22(33)26(21-12-17(4)10-11-20(21)16(2)3)23(14-19)37-15-24-27(30(35)36)31-28(34)25(18(5)32)29(31)38-24/h12-14,18,20-21,25,29,32-33H,2,6-11,15H2,1,3-5H3,(H,35,36)/t18-,20+,21-,25+,29?/m1/s1. The fourth-order valence-corrected chi connectivity index (χ4v) is 7.37. The van der Waals surface area contributed by atoms with Crippen molar-refractivity contribution >= 4 is 23.6 Å². The average Bonchev–Trinajstić information content (AvgIpc) is 3.16. The lowest BCUT2D eigenvalue weighted by Crippen LogP contribution is -2.60. The third kappa shape index (κ3) is 5.38. The van der Waals surface area contributed by atoms with Gasteiger partial charge in [-0.25, -0.2) is 4.79 Å². The minimum absolute atomic E-state index is 0.0445. The summed E-state index contributed by atoms with van der Waals surface area (Å²) in [6.07, 6.45) is 7.20. The number of nitrogens with zero attached hydrogens (tertiary/aromatic N) is 1. The van der Waals surface area contributed by atoms with Crippen molar-refractivity contribution in [2.45, 2.75) is 83.6 Å². The van der Waals surface area contributed by atoms with Crippen LogP contribution in [0.4, 0.5) is 0 Å². The summed E-state index contributed by atoms with van der Waals surface area (Å²) in [4.78, 5) is 26.4. The third-order valence-electron chi connectivity index (χ3n) is 7.90. The van der Waals surface area contributed by atoms with Gasteiger partial charge in [-0.3, -0.25) is 9.69 Å². The van der Waals surface area contributed by atoms with Crippen LogP contribution in [0.2, 0.25) is 0 Å². The maximum atomic E-state index is 12.6. The predicted octanol–water partition coefficient (Wildman–Crippen LogP) is 5.73. The number of carbonyl (C=O) groups excluding carboxylic acids is 1. The van der Waals surface area contributed by atoms with Crippen molar-refractivity contribution in [2.75, 3.05) is 6.61 Å². The normalized spacial score (nSPS) is 25.6. The predicted molar refractivity (Wildman–Crippen MR) is 149 cm³/mol. The Kier molecular flexibility index (Phi) is 8.62. The van der Waals surface area contributed by atoms with Gasteiger partial charge < -0.3 is 20.1 Å². The fourth-order valence-electron chi connectivity index (χ4n) is 5.85. The second kappa shape index (κ2) is 11.6. The number of rotatable bonds is 11. The molecule has 4 rings (SSSR count). The van der Waals surface area contributed by atoms with Gasteiger partial charge in [-0.1, -0.05) is 55.3 Å². The van der Waals surface area contributed by atoms with Crippen LogP contribution in [0.5, 0.6) is 11.5 Å². The third-order valence-corrected chi connectivity index (χ3v) is 9.24. The number of ether oxygens (including phenoxy) is 1. The maximum absolute atomic E-state index is 12.6. The number of aliphatic carboxylic acids is 1. The number of hydrogen-bond donors (Lipinski definition) is 3. The van der Waals surface area contributed by atoms with Crippen molar-refractivity contribution in [3.63, 3.8) is 0 Å². The number of benzene rings is 1. The second-order valence-electron chi connectivity index (χ2n) is 10.9. The van der Waals surface area contributed by atoms with Crippen molar-refractivity contribution in [1.82, 2.24) is 4.90 Å². The Morgan fingerprint density at radius 3 is 2.68 bits per heavy atom. The monoisotopic (exact) mass is 541 g/mol. The molecule has 2 aliphatic heterocycles. The largest absolute Gasteiger partial charge is 0.507 e. The molecular weight excluding hydrogens is 502 g/mol. The van der Waals surface area contributed by atoms with Gasteiger partial charge in [0.05, 0.1) is 16.9 Å². The summed E-state index contributed by atoms with van der Waals surface area (Å²) in [6.45, 7) is 12.0. The summed E-state index contributed by atoms with van der Waals surface area (Å²) in [6, 6.07) is 3.80. The van der Waals surface area contributed by atoms with Crippen molar-refractivity contribution in [3.05, 3.63) is 57.7 Å². The zero-order chi connectivity index (χ0) is 27.7. The number of aliphatic hydroxyl groups is 1. The Morgan fingerprint density at radius 2 is 2.05 bits per heavy atom. The van der Waals surface area contributed by atoms with E-state index in [1.54, 1.807) is 6.92 Å². The van der Waals surface area contributed by atoms with Crippen molar-refractivity contribution in [2.24, 2.45) is 11.8 Å². The van der Waals surface area contributed by atoms with Gasteiger partial charge in [0, 0.05) is 11.5 Å². The Hall–Kier alpha value is -2.71. The van der Waals surface area contributed by atoms with Gasteiger partial charge >= 0.3 is 5.97 Å². The van der Waals surface area contributed by atoms with Gasteiger partial charge in [0.25, 0.3) is 0 Å². The fraction of sp³-hybridized carbons (Fsp3) is 0.533. The van der Waals surface area contributed by atoms with Gasteiger partial charge in [0.15, 0.2) is 0 Å². The van der Waals surface area contributed by atoms with Crippen molar-refractivity contribution in [3.8, 4) is 11.5 Å². The molecule has 1 saturated heterocycles. The van der Waals surface area contributed by atoms with Crippen LogP contribution in [0.3, 0.4) is 0 Å². The molecule has 38 heavy (non-hydrogen) atoms. The molecule has 1 aromatic carbocycles. The van der Waals surface area contributed by atoms with Crippen LogP contribution in [0.25, 0.3) is 0 Å². The molecule has 3 N–H and O–H groups in total. The first-order chi connectivity index (χ1) is 18.0. The molecule has 0 saturated carbocycles. The van der Waals surface area contributed by atoms with E-state index in [-0.39, 0.29) is 35.8 Å². The molecule has 206 valence electrons. The minimum atomic E-state index is -1.19. The minimum Gasteiger partial charge on any atom is -0.507 e. The number of fused-ring (bicyclic) bond motifs is 1. The van der Waals surface area contributed by atoms with E-state index in [9.17, 15) is 24.9 Å². The Balaban J connectivity index is 1.69. The molecule has 0 radical (unpaired) electrons. The number of aliphatic hydroxyl groups excluding tert-OH is 1. The highest BCUT2D eigenvalue weighted by atomic mass is 32.2.